The monoisotopic (exact) mass is 379 g/mol. The second-order valence-electron chi connectivity index (χ2n) is 7.25. The summed E-state index contributed by atoms with van der Waals surface area (Å²) in [7, 11) is -3.33. The molecule has 1 fully saturated rings. The summed E-state index contributed by atoms with van der Waals surface area (Å²) in [6.45, 7) is 5.75. The van der Waals surface area contributed by atoms with Crippen molar-refractivity contribution < 1.29 is 13.2 Å². The summed E-state index contributed by atoms with van der Waals surface area (Å²) in [4.78, 5) is 14.9. The lowest BCUT2D eigenvalue weighted by atomic mass is 10.1. The van der Waals surface area contributed by atoms with E-state index in [2.05, 4.69) is 35.3 Å². The fourth-order valence-corrected chi connectivity index (χ4v) is 5.84. The van der Waals surface area contributed by atoms with Crippen LogP contribution in [-0.2, 0) is 21.2 Å². The van der Waals surface area contributed by atoms with Crippen LogP contribution in [0, 0.1) is 0 Å². The predicted octanol–water partition coefficient (Wildman–Crippen LogP) is 1.76. The van der Waals surface area contributed by atoms with Crippen molar-refractivity contribution >= 4 is 21.6 Å². The fourth-order valence-electron chi connectivity index (χ4n) is 4.10. The van der Waals surface area contributed by atoms with Crippen LogP contribution in [0.3, 0.4) is 0 Å². The van der Waals surface area contributed by atoms with Crippen molar-refractivity contribution in [3.63, 3.8) is 0 Å². The summed E-state index contributed by atoms with van der Waals surface area (Å²) in [6, 6.07) is 8.24. The molecular formula is C19H29N3O3S. The number of anilines is 1. The SMILES string of the molecule is CCCS(=O)(=O)N1CCCC1C(=O)NCCN1c2ccccc2CC1C. The number of carbonyl (C=O) groups is 1. The van der Waals surface area contributed by atoms with Crippen molar-refractivity contribution in [2.24, 2.45) is 0 Å². The van der Waals surface area contributed by atoms with Gasteiger partial charge in [-0.25, -0.2) is 8.42 Å². The first-order valence-corrected chi connectivity index (χ1v) is 11.2. The molecule has 0 radical (unpaired) electrons. The first-order chi connectivity index (χ1) is 12.4. The Kier molecular flexibility index (Phi) is 5.87. The minimum atomic E-state index is -3.33. The molecule has 0 aromatic heterocycles. The molecule has 0 saturated carbocycles. The fraction of sp³-hybridized carbons (Fsp3) is 0.632. The first kappa shape index (κ1) is 19.2. The number of sulfonamides is 1. The Morgan fingerprint density at radius 1 is 1.31 bits per heavy atom. The van der Waals surface area contributed by atoms with Gasteiger partial charge in [0.05, 0.1) is 5.75 Å². The minimum Gasteiger partial charge on any atom is -0.367 e. The maximum Gasteiger partial charge on any atom is 0.238 e. The third-order valence-corrected chi connectivity index (χ3v) is 7.40. The van der Waals surface area contributed by atoms with Crippen LogP contribution < -0.4 is 10.2 Å². The van der Waals surface area contributed by atoms with E-state index >= 15 is 0 Å². The van der Waals surface area contributed by atoms with Gasteiger partial charge >= 0.3 is 0 Å². The number of carbonyl (C=O) groups excluding carboxylic acids is 1. The van der Waals surface area contributed by atoms with Crippen LogP contribution in [0.4, 0.5) is 5.69 Å². The summed E-state index contributed by atoms with van der Waals surface area (Å²) in [6.07, 6.45) is 2.95. The number of nitrogens with zero attached hydrogens (tertiary/aromatic N) is 2. The van der Waals surface area contributed by atoms with Crippen molar-refractivity contribution in [2.75, 3.05) is 30.3 Å². The highest BCUT2D eigenvalue weighted by molar-refractivity contribution is 7.89. The van der Waals surface area contributed by atoms with Gasteiger partial charge in [0.2, 0.25) is 15.9 Å². The second-order valence-corrected chi connectivity index (χ2v) is 9.29. The quantitative estimate of drug-likeness (QED) is 0.784. The standard InChI is InChI=1S/C19H29N3O3S/c1-3-13-26(24,25)22-11-6-9-18(22)19(23)20-10-12-21-15(2)14-16-7-4-5-8-17(16)21/h4-5,7-8,15,18H,3,6,9-14H2,1-2H3,(H,20,23). The second kappa shape index (κ2) is 7.96. The van der Waals surface area contributed by atoms with Crippen LogP contribution in [0.15, 0.2) is 24.3 Å². The van der Waals surface area contributed by atoms with E-state index in [0.29, 0.717) is 32.0 Å². The van der Waals surface area contributed by atoms with E-state index in [-0.39, 0.29) is 11.7 Å². The Morgan fingerprint density at radius 3 is 2.85 bits per heavy atom. The summed E-state index contributed by atoms with van der Waals surface area (Å²) in [5, 5.41) is 2.96. The van der Waals surface area contributed by atoms with Crippen molar-refractivity contribution in [3.05, 3.63) is 29.8 Å². The zero-order chi connectivity index (χ0) is 18.7. The smallest absolute Gasteiger partial charge is 0.238 e. The highest BCUT2D eigenvalue weighted by Gasteiger charge is 2.38. The number of amides is 1. The molecule has 144 valence electrons. The lowest BCUT2D eigenvalue weighted by Crippen LogP contribution is -2.48. The molecule has 26 heavy (non-hydrogen) atoms. The zero-order valence-electron chi connectivity index (χ0n) is 15.6. The summed E-state index contributed by atoms with van der Waals surface area (Å²) < 4.78 is 26.1. The molecule has 0 aliphatic carbocycles. The topological polar surface area (TPSA) is 69.7 Å². The van der Waals surface area contributed by atoms with Crippen LogP contribution in [0.2, 0.25) is 0 Å². The average Bonchev–Trinajstić information content (AvgIpc) is 3.20. The number of fused-ring (bicyclic) bond motifs is 1. The molecule has 1 aromatic rings. The van der Waals surface area contributed by atoms with Crippen LogP contribution in [-0.4, -0.2) is 56.1 Å². The number of hydrogen-bond acceptors (Lipinski definition) is 4. The number of para-hydroxylation sites is 1. The van der Waals surface area contributed by atoms with Gasteiger partial charge in [-0.1, -0.05) is 25.1 Å². The molecule has 2 aliphatic rings. The molecule has 3 rings (SSSR count). The molecule has 6 nitrogen and oxygen atoms in total. The predicted molar refractivity (Wildman–Crippen MR) is 104 cm³/mol. The van der Waals surface area contributed by atoms with Gasteiger partial charge in [-0.2, -0.15) is 4.31 Å². The van der Waals surface area contributed by atoms with Gasteiger partial charge in [-0.05, 0) is 44.2 Å². The van der Waals surface area contributed by atoms with Gasteiger partial charge in [0.25, 0.3) is 0 Å². The molecule has 7 heteroatoms. The molecule has 1 amide bonds. The number of hydrogen-bond donors (Lipinski definition) is 1. The highest BCUT2D eigenvalue weighted by atomic mass is 32.2. The van der Waals surface area contributed by atoms with Gasteiger partial charge < -0.3 is 10.2 Å². The van der Waals surface area contributed by atoms with Crippen LogP contribution in [0.25, 0.3) is 0 Å². The molecule has 1 saturated heterocycles. The Balaban J connectivity index is 1.56. The van der Waals surface area contributed by atoms with Gasteiger partial charge in [0.15, 0.2) is 0 Å². The Labute approximate surface area is 156 Å². The third-order valence-electron chi connectivity index (χ3n) is 5.33. The largest absolute Gasteiger partial charge is 0.367 e. The van der Waals surface area contributed by atoms with Gasteiger partial charge in [-0.15, -0.1) is 0 Å². The molecule has 1 aromatic carbocycles. The Bertz CT molecular complexity index is 750. The summed E-state index contributed by atoms with van der Waals surface area (Å²) in [5.41, 5.74) is 2.58. The van der Waals surface area contributed by atoms with E-state index < -0.39 is 16.1 Å². The molecule has 0 spiro atoms. The highest BCUT2D eigenvalue weighted by Crippen LogP contribution is 2.31. The lowest BCUT2D eigenvalue weighted by molar-refractivity contribution is -0.124. The minimum absolute atomic E-state index is 0.110. The number of nitrogens with one attached hydrogen (secondary N) is 1. The van der Waals surface area contributed by atoms with E-state index in [1.54, 1.807) is 0 Å². The molecule has 2 atom stereocenters. The summed E-state index contributed by atoms with van der Waals surface area (Å²) >= 11 is 0. The van der Waals surface area contributed by atoms with E-state index in [9.17, 15) is 13.2 Å². The van der Waals surface area contributed by atoms with Gasteiger partial charge in [0.1, 0.15) is 6.04 Å². The Morgan fingerprint density at radius 2 is 2.08 bits per heavy atom. The zero-order valence-corrected chi connectivity index (χ0v) is 16.5. The average molecular weight is 380 g/mol. The Hall–Kier alpha value is -1.60. The molecular weight excluding hydrogens is 350 g/mol. The van der Waals surface area contributed by atoms with Crippen LogP contribution in [0.5, 0.6) is 0 Å². The maximum atomic E-state index is 12.6. The van der Waals surface area contributed by atoms with E-state index in [4.69, 9.17) is 0 Å². The summed E-state index contributed by atoms with van der Waals surface area (Å²) in [5.74, 6) is -0.0545. The first-order valence-electron chi connectivity index (χ1n) is 9.56. The van der Waals surface area contributed by atoms with Gasteiger partial charge in [-0.3, -0.25) is 4.79 Å². The number of rotatable bonds is 7. The molecule has 2 aliphatic heterocycles. The van der Waals surface area contributed by atoms with E-state index in [0.717, 1.165) is 19.4 Å². The van der Waals surface area contributed by atoms with Crippen molar-refractivity contribution in [1.29, 1.82) is 0 Å². The molecule has 0 bridgehead atoms. The maximum absolute atomic E-state index is 12.6. The van der Waals surface area contributed by atoms with Crippen molar-refractivity contribution in [3.8, 4) is 0 Å². The molecule has 2 heterocycles. The van der Waals surface area contributed by atoms with Crippen LogP contribution >= 0.6 is 0 Å². The molecule has 2 unspecified atom stereocenters. The van der Waals surface area contributed by atoms with Gasteiger partial charge in [0, 0.05) is 31.4 Å². The van der Waals surface area contributed by atoms with E-state index in [1.165, 1.54) is 15.6 Å². The lowest BCUT2D eigenvalue weighted by Gasteiger charge is -2.26. The number of benzene rings is 1. The normalized spacial score (nSPS) is 23.2. The van der Waals surface area contributed by atoms with E-state index in [1.807, 2.05) is 13.0 Å². The molecule has 1 N–H and O–H groups in total. The van der Waals surface area contributed by atoms with Crippen molar-refractivity contribution in [2.45, 2.75) is 51.6 Å². The van der Waals surface area contributed by atoms with Crippen LogP contribution in [0.1, 0.15) is 38.7 Å². The van der Waals surface area contributed by atoms with Crippen molar-refractivity contribution in [1.82, 2.24) is 9.62 Å². The third kappa shape index (κ3) is 3.88.